The van der Waals surface area contributed by atoms with Crippen molar-refractivity contribution in [2.75, 3.05) is 13.7 Å². The zero-order chi connectivity index (χ0) is 14.7. The van der Waals surface area contributed by atoms with Gasteiger partial charge < -0.3 is 20.0 Å². The van der Waals surface area contributed by atoms with Gasteiger partial charge in [-0.15, -0.1) is 0 Å². The molecule has 0 amide bonds. The number of rotatable bonds is 5. The van der Waals surface area contributed by atoms with E-state index in [-0.39, 0.29) is 11.8 Å². The third kappa shape index (κ3) is 3.10. The lowest BCUT2D eigenvalue weighted by Gasteiger charge is -2.22. The summed E-state index contributed by atoms with van der Waals surface area (Å²) in [6, 6.07) is 8.37. The maximum absolute atomic E-state index is 10.4. The molecule has 2 atom stereocenters. The van der Waals surface area contributed by atoms with Crippen molar-refractivity contribution < 1.29 is 14.3 Å². The third-order valence-electron chi connectivity index (χ3n) is 3.11. The predicted octanol–water partition coefficient (Wildman–Crippen LogP) is 3.37. The van der Waals surface area contributed by atoms with E-state index in [1.807, 2.05) is 0 Å². The molecule has 1 aromatic carbocycles. The number of aliphatic hydroxyl groups excluding tert-OH is 1. The van der Waals surface area contributed by atoms with E-state index >= 15 is 0 Å². The number of hydrogen-bond donors (Lipinski definition) is 2. The van der Waals surface area contributed by atoms with Crippen molar-refractivity contribution in [2.45, 2.75) is 12.0 Å². The van der Waals surface area contributed by atoms with Crippen molar-refractivity contribution in [3.05, 3.63) is 51.9 Å². The Hall–Kier alpha value is -1.20. The highest BCUT2D eigenvalue weighted by Crippen LogP contribution is 2.37. The molecule has 3 N–H and O–H groups in total. The topological polar surface area (TPSA) is 68.6 Å². The van der Waals surface area contributed by atoms with Crippen molar-refractivity contribution >= 4 is 23.2 Å². The van der Waals surface area contributed by atoms with Gasteiger partial charge in [0.1, 0.15) is 17.6 Å². The van der Waals surface area contributed by atoms with Crippen molar-refractivity contribution in [1.29, 1.82) is 0 Å². The maximum atomic E-state index is 10.4. The number of methoxy groups -OCH3 is 1. The lowest BCUT2D eigenvalue weighted by Crippen LogP contribution is -2.20. The Morgan fingerprint density at radius 1 is 1.30 bits per heavy atom. The maximum Gasteiger partial charge on any atom is 0.193 e. The molecule has 1 aromatic heterocycles. The number of benzene rings is 1. The van der Waals surface area contributed by atoms with Gasteiger partial charge in [0.05, 0.1) is 7.11 Å². The van der Waals surface area contributed by atoms with E-state index < -0.39 is 12.0 Å². The Kier molecular flexibility index (Phi) is 4.94. The molecule has 20 heavy (non-hydrogen) atoms. The summed E-state index contributed by atoms with van der Waals surface area (Å²) in [4.78, 5) is 0. The van der Waals surface area contributed by atoms with Crippen LogP contribution in [-0.4, -0.2) is 18.8 Å². The van der Waals surface area contributed by atoms with Crippen LogP contribution < -0.4 is 10.5 Å². The lowest BCUT2D eigenvalue weighted by atomic mass is 9.91. The van der Waals surface area contributed by atoms with Crippen LogP contribution in [0.1, 0.15) is 23.3 Å². The van der Waals surface area contributed by atoms with Crippen LogP contribution in [0.5, 0.6) is 5.75 Å². The quantitative estimate of drug-likeness (QED) is 0.887. The molecule has 0 aliphatic rings. The van der Waals surface area contributed by atoms with Gasteiger partial charge >= 0.3 is 0 Å². The van der Waals surface area contributed by atoms with Gasteiger partial charge in [-0.1, -0.05) is 11.6 Å². The SMILES string of the molecule is COc1ccc(Cl)cc1C(CN)C(O)c1ccc(Cl)o1. The summed E-state index contributed by atoms with van der Waals surface area (Å²) in [5, 5.41) is 11.2. The first kappa shape index (κ1) is 15.2. The van der Waals surface area contributed by atoms with E-state index in [1.54, 1.807) is 37.4 Å². The zero-order valence-electron chi connectivity index (χ0n) is 10.8. The van der Waals surface area contributed by atoms with Crippen LogP contribution in [0, 0.1) is 0 Å². The van der Waals surface area contributed by atoms with Crippen LogP contribution in [0.3, 0.4) is 0 Å². The van der Waals surface area contributed by atoms with Crippen LogP contribution in [0.25, 0.3) is 0 Å². The summed E-state index contributed by atoms with van der Waals surface area (Å²) in [6.07, 6.45) is -0.931. The average Bonchev–Trinajstić information content (AvgIpc) is 2.86. The molecule has 0 spiro atoms. The number of halogens is 2. The van der Waals surface area contributed by atoms with Crippen molar-refractivity contribution in [3.63, 3.8) is 0 Å². The highest BCUT2D eigenvalue weighted by molar-refractivity contribution is 6.30. The molecule has 1 heterocycles. The summed E-state index contributed by atoms with van der Waals surface area (Å²) in [5.41, 5.74) is 6.51. The molecular formula is C14H15Cl2NO3. The van der Waals surface area contributed by atoms with Crippen molar-refractivity contribution in [3.8, 4) is 5.75 Å². The van der Waals surface area contributed by atoms with Gasteiger partial charge in [-0.3, -0.25) is 0 Å². The fourth-order valence-corrected chi connectivity index (χ4v) is 2.44. The van der Waals surface area contributed by atoms with E-state index in [0.29, 0.717) is 16.5 Å². The van der Waals surface area contributed by atoms with Gasteiger partial charge in [-0.2, -0.15) is 0 Å². The van der Waals surface area contributed by atoms with Crippen LogP contribution in [0.4, 0.5) is 0 Å². The number of nitrogens with two attached hydrogens (primary N) is 1. The molecule has 0 aliphatic carbocycles. The molecule has 2 rings (SSSR count). The summed E-state index contributed by atoms with van der Waals surface area (Å²) in [7, 11) is 1.55. The summed E-state index contributed by atoms with van der Waals surface area (Å²) in [6.45, 7) is 0.205. The van der Waals surface area contributed by atoms with E-state index in [1.165, 1.54) is 0 Å². The van der Waals surface area contributed by atoms with Crippen LogP contribution in [0.2, 0.25) is 10.2 Å². The average molecular weight is 316 g/mol. The van der Waals surface area contributed by atoms with Gasteiger partial charge in [0.15, 0.2) is 5.22 Å². The Bertz CT molecular complexity index is 586. The van der Waals surface area contributed by atoms with Gasteiger partial charge in [0.2, 0.25) is 0 Å². The predicted molar refractivity (Wildman–Crippen MR) is 78.5 cm³/mol. The minimum absolute atomic E-state index is 0.205. The summed E-state index contributed by atoms with van der Waals surface area (Å²) >= 11 is 11.7. The molecule has 108 valence electrons. The fourth-order valence-electron chi connectivity index (χ4n) is 2.11. The molecule has 2 aromatic rings. The number of furan rings is 1. The van der Waals surface area contributed by atoms with Crippen LogP contribution in [0.15, 0.2) is 34.7 Å². The smallest absolute Gasteiger partial charge is 0.193 e. The van der Waals surface area contributed by atoms with E-state index in [0.717, 1.165) is 5.56 Å². The number of ether oxygens (including phenoxy) is 1. The second kappa shape index (κ2) is 6.50. The number of aliphatic hydroxyl groups is 1. The van der Waals surface area contributed by atoms with Crippen LogP contribution in [-0.2, 0) is 0 Å². The lowest BCUT2D eigenvalue weighted by molar-refractivity contribution is 0.121. The van der Waals surface area contributed by atoms with Crippen molar-refractivity contribution in [2.24, 2.45) is 5.73 Å². The Morgan fingerprint density at radius 3 is 2.60 bits per heavy atom. The summed E-state index contributed by atoms with van der Waals surface area (Å²) in [5.74, 6) is 0.555. The highest BCUT2D eigenvalue weighted by atomic mass is 35.5. The molecule has 0 saturated heterocycles. The first-order valence-electron chi connectivity index (χ1n) is 6.03. The molecule has 0 saturated carbocycles. The Balaban J connectivity index is 2.39. The molecule has 6 heteroatoms. The van der Waals surface area contributed by atoms with E-state index in [4.69, 9.17) is 38.1 Å². The molecular weight excluding hydrogens is 301 g/mol. The first-order chi connectivity index (χ1) is 9.56. The zero-order valence-corrected chi connectivity index (χ0v) is 12.4. The van der Waals surface area contributed by atoms with Gasteiger partial charge in [-0.25, -0.2) is 0 Å². The fraction of sp³-hybridized carbons (Fsp3) is 0.286. The monoisotopic (exact) mass is 315 g/mol. The standard InChI is InChI=1S/C14H15Cl2NO3/c1-19-11-3-2-8(15)6-9(11)10(7-17)14(18)12-4-5-13(16)20-12/h2-6,10,14,18H,7,17H2,1H3. The Labute approximate surface area is 127 Å². The van der Waals surface area contributed by atoms with E-state index in [9.17, 15) is 5.11 Å². The normalized spacial score (nSPS) is 14.1. The summed E-state index contributed by atoms with van der Waals surface area (Å²) < 4.78 is 10.5. The van der Waals surface area contributed by atoms with E-state index in [2.05, 4.69) is 0 Å². The van der Waals surface area contributed by atoms with Gasteiger partial charge in [0.25, 0.3) is 0 Å². The largest absolute Gasteiger partial charge is 0.496 e. The molecule has 4 nitrogen and oxygen atoms in total. The second-order valence-electron chi connectivity index (χ2n) is 4.32. The Morgan fingerprint density at radius 2 is 2.05 bits per heavy atom. The molecule has 2 unspecified atom stereocenters. The molecule has 0 fully saturated rings. The van der Waals surface area contributed by atoms with Crippen LogP contribution >= 0.6 is 23.2 Å². The molecule has 0 radical (unpaired) electrons. The van der Waals surface area contributed by atoms with Crippen molar-refractivity contribution in [1.82, 2.24) is 0 Å². The first-order valence-corrected chi connectivity index (χ1v) is 6.79. The highest BCUT2D eigenvalue weighted by Gasteiger charge is 2.27. The molecule has 0 aliphatic heterocycles. The second-order valence-corrected chi connectivity index (χ2v) is 5.12. The number of hydrogen-bond acceptors (Lipinski definition) is 4. The molecule has 0 bridgehead atoms. The minimum atomic E-state index is -0.931. The van der Waals surface area contributed by atoms with Gasteiger partial charge in [0, 0.05) is 23.0 Å². The minimum Gasteiger partial charge on any atom is -0.496 e. The van der Waals surface area contributed by atoms with Gasteiger partial charge in [-0.05, 0) is 41.9 Å². The third-order valence-corrected chi connectivity index (χ3v) is 3.55.